The van der Waals surface area contributed by atoms with Gasteiger partial charge in [0.2, 0.25) is 6.41 Å². The van der Waals surface area contributed by atoms with E-state index in [4.69, 9.17) is 28.5 Å². The number of carbonyl (C=O) groups excluding carboxylic acids is 2. The SMILES string of the molecule is CCCNc1ccc(C#N)c(Cl)c1C.O=CNNC(=O)c1ccc(Cl)cc1. The normalized spacial score (nSPS) is 9.30. The van der Waals surface area contributed by atoms with Crippen molar-refractivity contribution in [2.75, 3.05) is 11.9 Å². The number of nitrogens with one attached hydrogen (secondary N) is 3. The number of hydrogen-bond donors (Lipinski definition) is 3. The third kappa shape index (κ3) is 7.18. The number of hydrazine groups is 1. The number of hydrogen-bond acceptors (Lipinski definition) is 4. The highest BCUT2D eigenvalue weighted by atomic mass is 35.5. The largest absolute Gasteiger partial charge is 0.385 e. The highest BCUT2D eigenvalue weighted by molar-refractivity contribution is 6.32. The molecule has 6 nitrogen and oxygen atoms in total. The van der Waals surface area contributed by atoms with Crippen LogP contribution in [0.1, 0.15) is 34.8 Å². The number of benzene rings is 2. The van der Waals surface area contributed by atoms with E-state index in [1.807, 2.05) is 18.4 Å². The van der Waals surface area contributed by atoms with Gasteiger partial charge >= 0.3 is 0 Å². The third-order valence-corrected chi connectivity index (χ3v) is 4.16. The van der Waals surface area contributed by atoms with Crippen molar-refractivity contribution in [1.82, 2.24) is 10.9 Å². The van der Waals surface area contributed by atoms with Gasteiger partial charge in [0.25, 0.3) is 5.91 Å². The quantitative estimate of drug-likeness (QED) is 0.497. The monoisotopic (exact) mass is 406 g/mol. The Morgan fingerprint density at radius 3 is 2.41 bits per heavy atom. The van der Waals surface area contributed by atoms with Crippen LogP contribution < -0.4 is 16.2 Å². The maximum absolute atomic E-state index is 11.1. The fourth-order valence-electron chi connectivity index (χ4n) is 1.99. The fraction of sp³-hybridized carbons (Fsp3) is 0.211. The Morgan fingerprint density at radius 2 is 1.85 bits per heavy atom. The van der Waals surface area contributed by atoms with Crippen LogP contribution in [0.5, 0.6) is 0 Å². The standard InChI is InChI=1S/C11H13ClN2.C8H7ClN2O2/c1-3-6-14-10-5-4-9(7-13)11(12)8(10)2;9-7-3-1-6(2-4-7)8(13)11-10-5-12/h4-5,14H,3,6H2,1-2H3;1-5H,(H,10,12)(H,11,13). The molecule has 0 aliphatic rings. The molecule has 2 rings (SSSR count). The first-order valence-electron chi connectivity index (χ1n) is 8.12. The number of amides is 2. The molecule has 0 radical (unpaired) electrons. The van der Waals surface area contributed by atoms with Gasteiger partial charge in [-0.2, -0.15) is 5.26 Å². The maximum atomic E-state index is 11.1. The summed E-state index contributed by atoms with van der Waals surface area (Å²) in [7, 11) is 0. The van der Waals surface area contributed by atoms with Crippen LogP contribution in [-0.2, 0) is 4.79 Å². The van der Waals surface area contributed by atoms with Crippen LogP contribution in [0, 0.1) is 18.3 Å². The van der Waals surface area contributed by atoms with E-state index in [0.717, 1.165) is 24.2 Å². The Morgan fingerprint density at radius 1 is 1.19 bits per heavy atom. The summed E-state index contributed by atoms with van der Waals surface area (Å²) in [4.78, 5) is 21.0. The third-order valence-electron chi connectivity index (χ3n) is 3.42. The van der Waals surface area contributed by atoms with Crippen LogP contribution in [0.25, 0.3) is 0 Å². The van der Waals surface area contributed by atoms with E-state index >= 15 is 0 Å². The second-order valence-corrected chi connectivity index (χ2v) is 6.18. The van der Waals surface area contributed by atoms with Crippen molar-refractivity contribution in [1.29, 1.82) is 5.26 Å². The first-order chi connectivity index (χ1) is 12.9. The van der Waals surface area contributed by atoms with Gasteiger partial charge in [-0.15, -0.1) is 0 Å². The second-order valence-electron chi connectivity index (χ2n) is 5.36. The summed E-state index contributed by atoms with van der Waals surface area (Å²) < 4.78 is 0. The lowest BCUT2D eigenvalue weighted by molar-refractivity contribution is -0.110. The molecule has 2 aromatic rings. The minimum absolute atomic E-state index is 0.383. The van der Waals surface area contributed by atoms with Gasteiger partial charge in [0.15, 0.2) is 0 Å². The number of carbonyl (C=O) groups is 2. The predicted octanol–water partition coefficient (Wildman–Crippen LogP) is 4.07. The summed E-state index contributed by atoms with van der Waals surface area (Å²) in [6.07, 6.45) is 1.45. The van der Waals surface area contributed by atoms with Crippen molar-refractivity contribution < 1.29 is 9.59 Å². The van der Waals surface area contributed by atoms with E-state index in [0.29, 0.717) is 27.6 Å². The average Bonchev–Trinajstić information content (AvgIpc) is 2.68. The molecule has 0 atom stereocenters. The maximum Gasteiger partial charge on any atom is 0.269 e. The Labute approximate surface area is 168 Å². The van der Waals surface area contributed by atoms with Crippen molar-refractivity contribution in [3.63, 3.8) is 0 Å². The zero-order valence-electron chi connectivity index (χ0n) is 15.0. The van der Waals surface area contributed by atoms with Gasteiger partial charge < -0.3 is 5.32 Å². The average molecular weight is 407 g/mol. The van der Waals surface area contributed by atoms with E-state index in [1.54, 1.807) is 30.3 Å². The topological polar surface area (TPSA) is 94.0 Å². The summed E-state index contributed by atoms with van der Waals surface area (Å²) in [5.41, 5.74) is 7.13. The Hall–Kier alpha value is -2.75. The summed E-state index contributed by atoms with van der Waals surface area (Å²) >= 11 is 11.6. The van der Waals surface area contributed by atoms with Crippen LogP contribution in [-0.4, -0.2) is 18.9 Å². The van der Waals surface area contributed by atoms with Crippen molar-refractivity contribution in [2.45, 2.75) is 20.3 Å². The molecule has 0 fully saturated rings. The zero-order chi connectivity index (χ0) is 20.2. The number of rotatable bonds is 6. The van der Waals surface area contributed by atoms with Gasteiger partial charge in [0.05, 0.1) is 10.6 Å². The van der Waals surface area contributed by atoms with Crippen molar-refractivity contribution in [3.8, 4) is 6.07 Å². The lowest BCUT2D eigenvalue weighted by atomic mass is 10.1. The van der Waals surface area contributed by atoms with E-state index in [-0.39, 0.29) is 5.91 Å². The summed E-state index contributed by atoms with van der Waals surface area (Å²) in [6, 6.07) is 12.0. The molecule has 0 saturated carbocycles. The Bertz CT molecular complexity index is 818. The van der Waals surface area contributed by atoms with E-state index in [9.17, 15) is 9.59 Å². The molecule has 0 spiro atoms. The molecular formula is C19H20Cl2N4O2. The molecule has 0 aliphatic heterocycles. The van der Waals surface area contributed by atoms with Gasteiger partial charge in [0, 0.05) is 22.8 Å². The number of nitrogens with zero attached hydrogens (tertiary/aromatic N) is 1. The van der Waals surface area contributed by atoms with Gasteiger partial charge in [-0.05, 0) is 55.3 Å². The molecule has 0 aromatic heterocycles. The molecule has 27 heavy (non-hydrogen) atoms. The van der Waals surface area contributed by atoms with Crippen LogP contribution >= 0.6 is 23.2 Å². The Kier molecular flexibility index (Phi) is 9.73. The number of anilines is 1. The van der Waals surface area contributed by atoms with E-state index in [2.05, 4.69) is 23.7 Å². The first kappa shape index (κ1) is 22.3. The lowest BCUT2D eigenvalue weighted by Crippen LogP contribution is -2.36. The van der Waals surface area contributed by atoms with Crippen molar-refractivity contribution >= 4 is 41.2 Å². The molecule has 0 bridgehead atoms. The van der Waals surface area contributed by atoms with Gasteiger partial charge in [0.1, 0.15) is 6.07 Å². The molecule has 0 saturated heterocycles. The van der Waals surface area contributed by atoms with E-state index < -0.39 is 0 Å². The van der Waals surface area contributed by atoms with Crippen LogP contribution in [0.4, 0.5) is 5.69 Å². The van der Waals surface area contributed by atoms with Crippen LogP contribution in [0.2, 0.25) is 10.0 Å². The molecule has 3 N–H and O–H groups in total. The first-order valence-corrected chi connectivity index (χ1v) is 8.88. The lowest BCUT2D eigenvalue weighted by Gasteiger charge is -2.10. The van der Waals surface area contributed by atoms with Gasteiger partial charge in [-0.25, -0.2) is 0 Å². The molecule has 0 heterocycles. The van der Waals surface area contributed by atoms with Crippen LogP contribution in [0.3, 0.4) is 0 Å². The minimum Gasteiger partial charge on any atom is -0.385 e. The molecular weight excluding hydrogens is 387 g/mol. The smallest absolute Gasteiger partial charge is 0.269 e. The van der Waals surface area contributed by atoms with Gasteiger partial charge in [-0.3, -0.25) is 20.4 Å². The molecule has 142 valence electrons. The van der Waals surface area contributed by atoms with Gasteiger partial charge in [-0.1, -0.05) is 30.1 Å². The molecule has 8 heteroatoms. The summed E-state index contributed by atoms with van der Waals surface area (Å²) in [5, 5.41) is 13.1. The Balaban J connectivity index is 0.000000271. The minimum atomic E-state index is -0.385. The molecule has 0 unspecified atom stereocenters. The van der Waals surface area contributed by atoms with E-state index in [1.165, 1.54) is 0 Å². The summed E-state index contributed by atoms with van der Waals surface area (Å²) in [5.74, 6) is -0.385. The van der Waals surface area contributed by atoms with Crippen molar-refractivity contribution in [3.05, 3.63) is 63.1 Å². The van der Waals surface area contributed by atoms with Crippen LogP contribution in [0.15, 0.2) is 36.4 Å². The van der Waals surface area contributed by atoms with Crippen molar-refractivity contribution in [2.24, 2.45) is 0 Å². The highest BCUT2D eigenvalue weighted by Crippen LogP contribution is 2.26. The highest BCUT2D eigenvalue weighted by Gasteiger charge is 2.06. The molecule has 0 aliphatic carbocycles. The predicted molar refractivity (Wildman–Crippen MR) is 108 cm³/mol. The fourth-order valence-corrected chi connectivity index (χ4v) is 2.32. The number of nitriles is 1. The summed E-state index contributed by atoms with van der Waals surface area (Å²) in [6.45, 7) is 4.94. The second kappa shape index (κ2) is 11.8. The molecule has 2 aromatic carbocycles. The number of halogens is 2. The zero-order valence-corrected chi connectivity index (χ0v) is 16.5. The molecule has 2 amide bonds.